The van der Waals surface area contributed by atoms with Gasteiger partial charge >= 0.3 is 0 Å². The Morgan fingerprint density at radius 3 is 2.28 bits per heavy atom. The normalized spacial score (nSPS) is 10.8. The van der Waals surface area contributed by atoms with Crippen molar-refractivity contribution >= 4 is 11.4 Å². The second kappa shape index (κ2) is 9.40. The van der Waals surface area contributed by atoms with Crippen LogP contribution in [0.15, 0.2) is 24.5 Å². The van der Waals surface area contributed by atoms with Crippen molar-refractivity contribution in [3.63, 3.8) is 0 Å². The number of nitrogens with one attached hydrogen (secondary N) is 1. The Labute approximate surface area is 152 Å². The number of hydrogen-bond acceptors (Lipinski definition) is 4. The van der Waals surface area contributed by atoms with Crippen LogP contribution in [0.5, 0.6) is 0 Å². The molecule has 4 nitrogen and oxygen atoms in total. The van der Waals surface area contributed by atoms with E-state index in [1.54, 1.807) is 0 Å². The Balaban J connectivity index is 2.52. The predicted molar refractivity (Wildman–Crippen MR) is 109 cm³/mol. The topological polar surface area (TPSA) is 41.1 Å². The van der Waals surface area contributed by atoms with Crippen molar-refractivity contribution in [2.24, 2.45) is 0 Å². The van der Waals surface area contributed by atoms with Crippen LogP contribution in [0.4, 0.5) is 11.4 Å². The van der Waals surface area contributed by atoms with E-state index < -0.39 is 0 Å². The van der Waals surface area contributed by atoms with Gasteiger partial charge in [0.15, 0.2) is 0 Å². The predicted octanol–water partition coefficient (Wildman–Crippen LogP) is 5.07. The van der Waals surface area contributed by atoms with Gasteiger partial charge in [0.05, 0.1) is 23.3 Å². The minimum absolute atomic E-state index is 1.02. The van der Waals surface area contributed by atoms with Crippen LogP contribution in [0, 0.1) is 6.92 Å². The molecule has 2 heterocycles. The molecule has 0 unspecified atom stereocenters. The SMILES string of the molecule is CCCc1ncc(-c2cc(NC)cnc2C)cc1N(CCC)CCC. The van der Waals surface area contributed by atoms with Crippen LogP contribution < -0.4 is 10.2 Å². The summed E-state index contributed by atoms with van der Waals surface area (Å²) in [5.41, 5.74) is 6.86. The van der Waals surface area contributed by atoms with Crippen molar-refractivity contribution in [1.29, 1.82) is 0 Å². The van der Waals surface area contributed by atoms with Crippen LogP contribution in [0.3, 0.4) is 0 Å². The molecule has 0 bridgehead atoms. The second-order valence-corrected chi connectivity index (χ2v) is 6.53. The summed E-state index contributed by atoms with van der Waals surface area (Å²) in [7, 11) is 1.92. The summed E-state index contributed by atoms with van der Waals surface area (Å²) in [5, 5.41) is 3.18. The Kier molecular flexibility index (Phi) is 7.23. The minimum atomic E-state index is 1.02. The first-order valence-electron chi connectivity index (χ1n) is 9.53. The molecule has 2 aromatic rings. The summed E-state index contributed by atoms with van der Waals surface area (Å²) in [6.45, 7) is 10.9. The lowest BCUT2D eigenvalue weighted by Gasteiger charge is -2.26. The lowest BCUT2D eigenvalue weighted by Crippen LogP contribution is -2.26. The van der Waals surface area contributed by atoms with Crippen molar-refractivity contribution in [2.45, 2.75) is 53.4 Å². The number of aromatic nitrogens is 2. The van der Waals surface area contributed by atoms with Gasteiger partial charge in [0.25, 0.3) is 0 Å². The Morgan fingerprint density at radius 1 is 0.960 bits per heavy atom. The fourth-order valence-corrected chi connectivity index (χ4v) is 3.19. The smallest absolute Gasteiger partial charge is 0.0637 e. The molecule has 0 aliphatic rings. The third kappa shape index (κ3) is 4.71. The van der Waals surface area contributed by atoms with Gasteiger partial charge in [0, 0.05) is 43.2 Å². The van der Waals surface area contributed by atoms with Crippen molar-refractivity contribution < 1.29 is 0 Å². The summed E-state index contributed by atoms with van der Waals surface area (Å²) in [6, 6.07) is 4.47. The summed E-state index contributed by atoms with van der Waals surface area (Å²) in [4.78, 5) is 11.9. The van der Waals surface area contributed by atoms with Gasteiger partial charge in [-0.15, -0.1) is 0 Å². The molecule has 0 saturated heterocycles. The monoisotopic (exact) mass is 340 g/mol. The average Bonchev–Trinajstić information content (AvgIpc) is 2.63. The van der Waals surface area contributed by atoms with E-state index in [-0.39, 0.29) is 0 Å². The van der Waals surface area contributed by atoms with Crippen LogP contribution in [0.1, 0.15) is 51.4 Å². The van der Waals surface area contributed by atoms with Crippen LogP contribution in [-0.2, 0) is 6.42 Å². The second-order valence-electron chi connectivity index (χ2n) is 6.53. The zero-order valence-electron chi connectivity index (χ0n) is 16.4. The van der Waals surface area contributed by atoms with E-state index >= 15 is 0 Å². The van der Waals surface area contributed by atoms with Gasteiger partial charge in [-0.05, 0) is 38.3 Å². The van der Waals surface area contributed by atoms with Crippen molar-refractivity contribution in [3.8, 4) is 11.1 Å². The number of hydrogen-bond donors (Lipinski definition) is 1. The van der Waals surface area contributed by atoms with E-state index in [2.05, 4.69) is 55.0 Å². The third-order valence-electron chi connectivity index (χ3n) is 4.45. The first-order chi connectivity index (χ1) is 12.1. The van der Waals surface area contributed by atoms with Crippen molar-refractivity contribution in [2.75, 3.05) is 30.4 Å². The van der Waals surface area contributed by atoms with Gasteiger partial charge in [0.1, 0.15) is 0 Å². The maximum atomic E-state index is 4.84. The molecule has 0 spiro atoms. The standard InChI is InChI=1S/C21H32N4/c1-6-9-20-21(25(10-7-2)11-8-3)12-17(14-24-20)19-13-18(22-5)15-23-16(19)4/h12-15,22H,6-11H2,1-5H3. The van der Waals surface area contributed by atoms with E-state index in [4.69, 9.17) is 4.98 Å². The van der Waals surface area contributed by atoms with E-state index in [1.165, 1.54) is 11.4 Å². The van der Waals surface area contributed by atoms with Gasteiger partial charge in [-0.2, -0.15) is 0 Å². The molecule has 0 amide bonds. The lowest BCUT2D eigenvalue weighted by molar-refractivity contribution is 0.733. The fraction of sp³-hybridized carbons (Fsp3) is 0.524. The van der Waals surface area contributed by atoms with E-state index in [9.17, 15) is 0 Å². The van der Waals surface area contributed by atoms with Crippen molar-refractivity contribution in [3.05, 3.63) is 35.9 Å². The highest BCUT2D eigenvalue weighted by Gasteiger charge is 2.14. The minimum Gasteiger partial charge on any atom is -0.387 e. The number of pyridine rings is 2. The molecule has 0 fully saturated rings. The van der Waals surface area contributed by atoms with Crippen LogP contribution >= 0.6 is 0 Å². The van der Waals surface area contributed by atoms with Crippen LogP contribution in [0.25, 0.3) is 11.1 Å². The highest BCUT2D eigenvalue weighted by molar-refractivity contribution is 5.73. The van der Waals surface area contributed by atoms with E-state index in [0.29, 0.717) is 0 Å². The highest BCUT2D eigenvalue weighted by Crippen LogP contribution is 2.30. The quantitative estimate of drug-likeness (QED) is 0.692. The van der Waals surface area contributed by atoms with E-state index in [1.807, 2.05) is 19.4 Å². The highest BCUT2D eigenvalue weighted by atomic mass is 15.1. The summed E-state index contributed by atoms with van der Waals surface area (Å²) in [6.07, 6.45) is 8.30. The molecule has 0 aliphatic carbocycles. The molecule has 136 valence electrons. The number of nitrogens with zero attached hydrogens (tertiary/aromatic N) is 3. The molecule has 0 radical (unpaired) electrons. The molecular weight excluding hydrogens is 308 g/mol. The molecule has 0 atom stereocenters. The summed E-state index contributed by atoms with van der Waals surface area (Å²) < 4.78 is 0. The Hall–Kier alpha value is -2.10. The maximum absolute atomic E-state index is 4.84. The largest absolute Gasteiger partial charge is 0.387 e. The van der Waals surface area contributed by atoms with E-state index in [0.717, 1.165) is 61.3 Å². The van der Waals surface area contributed by atoms with Crippen molar-refractivity contribution in [1.82, 2.24) is 9.97 Å². The molecule has 1 N–H and O–H groups in total. The molecule has 2 rings (SSSR count). The summed E-state index contributed by atoms with van der Waals surface area (Å²) >= 11 is 0. The number of rotatable bonds is 9. The molecule has 4 heteroatoms. The van der Waals surface area contributed by atoms with Gasteiger partial charge < -0.3 is 10.2 Å². The first-order valence-corrected chi connectivity index (χ1v) is 9.53. The van der Waals surface area contributed by atoms with Gasteiger partial charge in [-0.25, -0.2) is 0 Å². The number of aryl methyl sites for hydroxylation is 2. The maximum Gasteiger partial charge on any atom is 0.0637 e. The number of anilines is 2. The first kappa shape index (κ1) is 19.2. The van der Waals surface area contributed by atoms with Gasteiger partial charge in [-0.3, -0.25) is 9.97 Å². The zero-order chi connectivity index (χ0) is 18.2. The average molecular weight is 341 g/mol. The van der Waals surface area contributed by atoms with Gasteiger partial charge in [-0.1, -0.05) is 27.2 Å². The van der Waals surface area contributed by atoms with Crippen LogP contribution in [-0.4, -0.2) is 30.1 Å². The van der Waals surface area contributed by atoms with Gasteiger partial charge in [0.2, 0.25) is 0 Å². The fourth-order valence-electron chi connectivity index (χ4n) is 3.19. The van der Waals surface area contributed by atoms with Crippen LogP contribution in [0.2, 0.25) is 0 Å². The molecular formula is C21H32N4. The Morgan fingerprint density at radius 2 is 1.68 bits per heavy atom. The Bertz CT molecular complexity index is 676. The molecule has 0 aromatic carbocycles. The molecule has 0 saturated carbocycles. The lowest BCUT2D eigenvalue weighted by atomic mass is 10.0. The molecule has 0 aliphatic heterocycles. The zero-order valence-corrected chi connectivity index (χ0v) is 16.4. The molecule has 25 heavy (non-hydrogen) atoms. The molecule has 2 aromatic heterocycles. The summed E-state index contributed by atoms with van der Waals surface area (Å²) in [5.74, 6) is 0. The third-order valence-corrected chi connectivity index (χ3v) is 4.45.